The minimum atomic E-state index is -4.63. The van der Waals surface area contributed by atoms with Gasteiger partial charge in [0.1, 0.15) is 6.04 Å². The molecule has 2 unspecified atom stereocenters. The van der Waals surface area contributed by atoms with Crippen molar-refractivity contribution in [2.75, 3.05) is 5.32 Å². The van der Waals surface area contributed by atoms with E-state index in [2.05, 4.69) is 5.32 Å². The van der Waals surface area contributed by atoms with Gasteiger partial charge in [-0.05, 0) is 41.8 Å². The van der Waals surface area contributed by atoms with E-state index in [0.29, 0.717) is 10.6 Å². The monoisotopic (exact) mass is 389 g/mol. The maximum absolute atomic E-state index is 13.1. The van der Waals surface area contributed by atoms with E-state index in [-0.39, 0.29) is 12.1 Å². The van der Waals surface area contributed by atoms with Crippen molar-refractivity contribution < 1.29 is 23.1 Å². The second kappa shape index (κ2) is 6.42. The van der Waals surface area contributed by atoms with Crippen LogP contribution >= 0.6 is 23.2 Å². The highest BCUT2D eigenvalue weighted by Crippen LogP contribution is 2.44. The number of alkyl halides is 3. The highest BCUT2D eigenvalue weighted by atomic mass is 35.5. The van der Waals surface area contributed by atoms with E-state index in [1.807, 2.05) is 0 Å². The molecule has 1 aliphatic rings. The van der Waals surface area contributed by atoms with Crippen LogP contribution in [0.3, 0.4) is 0 Å². The minimum Gasteiger partial charge on any atom is -0.480 e. The summed E-state index contributed by atoms with van der Waals surface area (Å²) in [5.41, 5.74) is 0.406. The zero-order chi connectivity index (χ0) is 18.4. The van der Waals surface area contributed by atoms with Crippen LogP contribution in [0.1, 0.15) is 29.0 Å². The average molecular weight is 390 g/mol. The molecule has 0 aromatic heterocycles. The molecule has 0 radical (unpaired) electrons. The van der Waals surface area contributed by atoms with Crippen LogP contribution in [0.25, 0.3) is 0 Å². The maximum atomic E-state index is 13.1. The van der Waals surface area contributed by atoms with Crippen molar-refractivity contribution >= 4 is 34.9 Å². The van der Waals surface area contributed by atoms with Crippen molar-refractivity contribution in [3.8, 4) is 0 Å². The van der Waals surface area contributed by atoms with E-state index in [4.69, 9.17) is 23.2 Å². The number of hydrogen-bond acceptors (Lipinski definition) is 2. The summed E-state index contributed by atoms with van der Waals surface area (Å²) in [4.78, 5) is 11.4. The maximum Gasteiger partial charge on any atom is 0.417 e. The smallest absolute Gasteiger partial charge is 0.417 e. The van der Waals surface area contributed by atoms with Crippen LogP contribution in [0, 0.1) is 0 Å². The van der Waals surface area contributed by atoms with Gasteiger partial charge >= 0.3 is 12.1 Å². The first kappa shape index (κ1) is 17.9. The molecule has 1 aliphatic heterocycles. The third-order valence-electron chi connectivity index (χ3n) is 4.19. The molecule has 0 spiro atoms. The van der Waals surface area contributed by atoms with Crippen LogP contribution in [0.2, 0.25) is 10.0 Å². The van der Waals surface area contributed by atoms with Crippen LogP contribution < -0.4 is 5.32 Å². The molecular formula is C17H12Cl2F3NO2. The van der Waals surface area contributed by atoms with E-state index < -0.39 is 34.7 Å². The number of carboxylic acid groups (broad SMARTS) is 1. The summed E-state index contributed by atoms with van der Waals surface area (Å²) in [5, 5.41) is 12.1. The predicted molar refractivity (Wildman–Crippen MR) is 89.4 cm³/mol. The molecule has 0 saturated heterocycles. The van der Waals surface area contributed by atoms with Crippen LogP contribution in [0.15, 0.2) is 36.4 Å². The number of carboxylic acids is 1. The first-order chi connectivity index (χ1) is 11.7. The number of aliphatic carboxylic acids is 1. The van der Waals surface area contributed by atoms with Crippen molar-refractivity contribution in [2.45, 2.75) is 24.6 Å². The van der Waals surface area contributed by atoms with Crippen LogP contribution in [-0.4, -0.2) is 17.1 Å². The Hall–Kier alpha value is -1.92. The molecule has 0 saturated carbocycles. The number of fused-ring (bicyclic) bond motifs is 1. The average Bonchev–Trinajstić information content (AvgIpc) is 2.53. The molecular weight excluding hydrogens is 378 g/mol. The van der Waals surface area contributed by atoms with Crippen LogP contribution in [0.4, 0.5) is 18.9 Å². The van der Waals surface area contributed by atoms with Gasteiger partial charge in [-0.15, -0.1) is 0 Å². The Morgan fingerprint density at radius 2 is 1.80 bits per heavy atom. The number of halogens is 5. The van der Waals surface area contributed by atoms with Crippen molar-refractivity contribution in [1.82, 2.24) is 0 Å². The Morgan fingerprint density at radius 3 is 2.36 bits per heavy atom. The number of nitrogens with one attached hydrogen (secondary N) is 1. The van der Waals surface area contributed by atoms with Gasteiger partial charge in [0.2, 0.25) is 0 Å². The van der Waals surface area contributed by atoms with Gasteiger partial charge in [0.25, 0.3) is 0 Å². The molecule has 0 fully saturated rings. The van der Waals surface area contributed by atoms with Crippen LogP contribution in [-0.2, 0) is 11.0 Å². The van der Waals surface area contributed by atoms with Gasteiger partial charge in [-0.1, -0.05) is 35.3 Å². The fraction of sp³-hybridized carbons (Fsp3) is 0.235. The van der Waals surface area contributed by atoms with Gasteiger partial charge in [0.05, 0.1) is 10.6 Å². The fourth-order valence-electron chi connectivity index (χ4n) is 3.00. The molecule has 2 aromatic rings. The lowest BCUT2D eigenvalue weighted by Gasteiger charge is -2.32. The van der Waals surface area contributed by atoms with Crippen molar-refractivity contribution in [3.63, 3.8) is 0 Å². The molecule has 3 nitrogen and oxygen atoms in total. The summed E-state index contributed by atoms with van der Waals surface area (Å²) in [6.07, 6.45) is -4.44. The minimum absolute atomic E-state index is 0.121. The largest absolute Gasteiger partial charge is 0.480 e. The standard InChI is InChI=1S/C17H12Cl2F3NO2/c18-9-3-1-8(2-4-9)10-6-15(16(24)25)23-14-7-12(17(20,21)22)13(19)5-11(10)14/h1-5,7,10,15,23H,6H2,(H,24,25). The van der Waals surface area contributed by atoms with Gasteiger partial charge in [0.15, 0.2) is 0 Å². The zero-order valence-corrected chi connectivity index (χ0v) is 14.1. The molecule has 2 atom stereocenters. The predicted octanol–water partition coefficient (Wildman–Crippen LogP) is 5.41. The summed E-state index contributed by atoms with van der Waals surface area (Å²) in [5.74, 6) is -1.54. The molecule has 0 amide bonds. The second-order valence-electron chi connectivity index (χ2n) is 5.79. The Kier molecular flexibility index (Phi) is 4.60. The van der Waals surface area contributed by atoms with Gasteiger partial charge in [-0.2, -0.15) is 13.2 Å². The molecule has 3 rings (SSSR count). The van der Waals surface area contributed by atoms with E-state index in [1.165, 1.54) is 6.07 Å². The summed E-state index contributed by atoms with van der Waals surface area (Å²) in [7, 11) is 0. The molecule has 2 aromatic carbocycles. The third-order valence-corrected chi connectivity index (χ3v) is 4.76. The molecule has 0 aliphatic carbocycles. The van der Waals surface area contributed by atoms with Crippen LogP contribution in [0.5, 0.6) is 0 Å². The first-order valence-electron chi connectivity index (χ1n) is 7.32. The normalized spacial score (nSPS) is 19.9. The summed E-state index contributed by atoms with van der Waals surface area (Å²) < 4.78 is 39.3. The molecule has 0 bridgehead atoms. The molecule has 1 heterocycles. The lowest BCUT2D eigenvalue weighted by molar-refractivity contribution is -0.138. The van der Waals surface area contributed by atoms with Crippen molar-refractivity contribution in [3.05, 3.63) is 63.1 Å². The number of hydrogen-bond donors (Lipinski definition) is 2. The highest BCUT2D eigenvalue weighted by Gasteiger charge is 2.38. The van der Waals surface area contributed by atoms with Crippen molar-refractivity contribution in [2.24, 2.45) is 0 Å². The number of anilines is 1. The quantitative estimate of drug-likeness (QED) is 0.721. The van der Waals surface area contributed by atoms with Crippen molar-refractivity contribution in [1.29, 1.82) is 0 Å². The fourth-order valence-corrected chi connectivity index (χ4v) is 3.41. The molecule has 25 heavy (non-hydrogen) atoms. The van der Waals surface area contributed by atoms with E-state index in [0.717, 1.165) is 11.6 Å². The lowest BCUT2D eigenvalue weighted by Crippen LogP contribution is -2.35. The number of benzene rings is 2. The molecule has 2 N–H and O–H groups in total. The second-order valence-corrected chi connectivity index (χ2v) is 6.64. The lowest BCUT2D eigenvalue weighted by atomic mass is 9.81. The highest BCUT2D eigenvalue weighted by molar-refractivity contribution is 6.31. The van der Waals surface area contributed by atoms with Gasteiger partial charge in [-0.3, -0.25) is 0 Å². The third kappa shape index (κ3) is 3.55. The van der Waals surface area contributed by atoms with E-state index >= 15 is 0 Å². The first-order valence-corrected chi connectivity index (χ1v) is 8.08. The van der Waals surface area contributed by atoms with Gasteiger partial charge in [-0.25, -0.2) is 4.79 Å². The summed E-state index contributed by atoms with van der Waals surface area (Å²) >= 11 is 11.7. The molecule has 132 valence electrons. The Morgan fingerprint density at radius 1 is 1.16 bits per heavy atom. The topological polar surface area (TPSA) is 49.3 Å². The number of rotatable bonds is 2. The van der Waals surface area contributed by atoms with Gasteiger partial charge in [0, 0.05) is 16.6 Å². The number of carbonyl (C=O) groups is 1. The molecule has 8 heteroatoms. The SMILES string of the molecule is O=C(O)C1CC(c2ccc(Cl)cc2)c2cc(Cl)c(C(F)(F)F)cc2N1. The van der Waals surface area contributed by atoms with E-state index in [1.54, 1.807) is 24.3 Å². The summed E-state index contributed by atoms with van der Waals surface area (Å²) in [6.45, 7) is 0. The Labute approximate surface area is 151 Å². The Balaban J connectivity index is 2.14. The van der Waals surface area contributed by atoms with E-state index in [9.17, 15) is 23.1 Å². The Bertz CT molecular complexity index is 822. The summed E-state index contributed by atoms with van der Waals surface area (Å²) in [6, 6.07) is 7.88. The zero-order valence-electron chi connectivity index (χ0n) is 12.6. The van der Waals surface area contributed by atoms with Gasteiger partial charge < -0.3 is 10.4 Å².